The molecule has 11 heavy (non-hydrogen) atoms. The monoisotopic (exact) mass is 278 g/mol. The fourth-order valence-corrected chi connectivity index (χ4v) is 1.55. The summed E-state index contributed by atoms with van der Waals surface area (Å²) in [5.41, 5.74) is -0.530. The van der Waals surface area contributed by atoms with Crippen molar-refractivity contribution < 1.29 is 29.1 Å². The van der Waals surface area contributed by atoms with Crippen LogP contribution in [-0.4, -0.2) is 28.7 Å². The van der Waals surface area contributed by atoms with Gasteiger partial charge in [0.15, 0.2) is 0 Å². The number of hydrogen-bond donors (Lipinski definition) is 0. The van der Waals surface area contributed by atoms with E-state index in [1.54, 1.807) is 0 Å². The Labute approximate surface area is 102 Å². The molecule has 0 atom stereocenters. The Hall–Kier alpha value is 1.46. The maximum absolute atomic E-state index is 11.5. The second kappa shape index (κ2) is 6.92. The van der Waals surface area contributed by atoms with Crippen LogP contribution in [0, 0.1) is 0 Å². The Morgan fingerprint density at radius 3 is 1.91 bits per heavy atom. The summed E-state index contributed by atoms with van der Waals surface area (Å²) >= 11 is 0. The Morgan fingerprint density at radius 1 is 1.18 bits per heavy atom. The zero-order chi connectivity index (χ0) is 6.74. The van der Waals surface area contributed by atoms with E-state index in [0.29, 0.717) is 0 Å². The molecule has 0 aliphatic heterocycles. The van der Waals surface area contributed by atoms with Gasteiger partial charge in [0.05, 0.1) is 0 Å². The van der Waals surface area contributed by atoms with E-state index < -0.39 is 5.60 Å². The molecule has 1 saturated carbocycles. The van der Waals surface area contributed by atoms with Crippen molar-refractivity contribution in [1.29, 1.82) is 0 Å². The molecule has 0 aromatic rings. The third-order valence-electron chi connectivity index (χ3n) is 2.41. The van der Waals surface area contributed by atoms with Gasteiger partial charge >= 0.3 is 23.1 Å². The smallest absolute Gasteiger partial charge is 1.00 e. The average molecular weight is 278 g/mol. The molecular formula is C8H15IMgO. The van der Waals surface area contributed by atoms with Gasteiger partial charge in [-0.25, -0.2) is 0 Å². The quantitative estimate of drug-likeness (QED) is 0.405. The topological polar surface area (TPSA) is 23.1 Å². The van der Waals surface area contributed by atoms with Gasteiger partial charge in [0.25, 0.3) is 0 Å². The largest absolute Gasteiger partial charge is 2.00 e. The Morgan fingerprint density at radius 2 is 1.64 bits per heavy atom. The first kappa shape index (κ1) is 15.0. The summed E-state index contributed by atoms with van der Waals surface area (Å²) in [4.78, 5) is 0. The van der Waals surface area contributed by atoms with Gasteiger partial charge in [0.1, 0.15) is 0 Å². The third-order valence-corrected chi connectivity index (χ3v) is 2.41. The van der Waals surface area contributed by atoms with Crippen LogP contribution in [0.5, 0.6) is 0 Å². The van der Waals surface area contributed by atoms with Crippen LogP contribution in [0.25, 0.3) is 0 Å². The molecule has 1 rings (SSSR count). The van der Waals surface area contributed by atoms with Gasteiger partial charge in [0, 0.05) is 0 Å². The van der Waals surface area contributed by atoms with Gasteiger partial charge in [0.2, 0.25) is 0 Å². The van der Waals surface area contributed by atoms with Gasteiger partial charge in [-0.2, -0.15) is 0 Å². The fraction of sp³-hybridized carbons (Fsp3) is 1.00. The summed E-state index contributed by atoms with van der Waals surface area (Å²) in [6, 6.07) is 0. The summed E-state index contributed by atoms with van der Waals surface area (Å²) in [6.07, 6.45) is 6.28. The molecule has 1 nitrogen and oxygen atoms in total. The van der Waals surface area contributed by atoms with E-state index in [1.807, 2.05) is 6.92 Å². The Balaban J connectivity index is 0. The molecule has 0 aromatic heterocycles. The van der Waals surface area contributed by atoms with Crippen LogP contribution in [-0.2, 0) is 0 Å². The maximum atomic E-state index is 11.5. The molecule has 0 N–H and O–H groups in total. The van der Waals surface area contributed by atoms with Gasteiger partial charge < -0.3 is 29.1 Å². The van der Waals surface area contributed by atoms with Crippen molar-refractivity contribution in [3.05, 3.63) is 0 Å². The molecule has 3 heteroatoms. The predicted octanol–water partition coefficient (Wildman–Crippen LogP) is -1.92. The molecule has 0 saturated heterocycles. The summed E-state index contributed by atoms with van der Waals surface area (Å²) in [6.45, 7) is 2.01. The van der Waals surface area contributed by atoms with E-state index in [-0.39, 0.29) is 47.0 Å². The first-order chi connectivity index (χ1) is 4.27. The summed E-state index contributed by atoms with van der Waals surface area (Å²) in [5, 5.41) is 11.5. The number of hydrogen-bond acceptors (Lipinski definition) is 1. The van der Waals surface area contributed by atoms with Crippen molar-refractivity contribution in [1.82, 2.24) is 0 Å². The zero-order valence-electron chi connectivity index (χ0n) is 7.24. The minimum Gasteiger partial charge on any atom is -1.00 e. The standard InChI is InChI=1S/C8H15O.HI.Mg/c1-2-8(9)6-4-3-5-7-8;;/h2-7H2,1H3;1H;/q-1;;+2/p-1. The molecular weight excluding hydrogens is 263 g/mol. The van der Waals surface area contributed by atoms with Crippen LogP contribution in [0.3, 0.4) is 0 Å². The second-order valence-electron chi connectivity index (χ2n) is 3.10. The molecule has 0 aromatic carbocycles. The Bertz CT molecular complexity index is 92.1. The normalized spacial score (nSPS) is 21.3. The summed E-state index contributed by atoms with van der Waals surface area (Å²) in [7, 11) is 0. The molecule has 1 aliphatic carbocycles. The average Bonchev–Trinajstić information content (AvgIpc) is 1.90. The van der Waals surface area contributed by atoms with Gasteiger partial charge in [-0.1, -0.05) is 45.4 Å². The van der Waals surface area contributed by atoms with Gasteiger partial charge in [-0.3, -0.25) is 0 Å². The van der Waals surface area contributed by atoms with Crippen molar-refractivity contribution in [2.45, 2.75) is 51.0 Å². The van der Waals surface area contributed by atoms with Crippen LogP contribution in [0.4, 0.5) is 0 Å². The van der Waals surface area contributed by atoms with Crippen LogP contribution < -0.4 is 29.1 Å². The van der Waals surface area contributed by atoms with Crippen molar-refractivity contribution >= 4 is 23.1 Å². The van der Waals surface area contributed by atoms with E-state index in [9.17, 15) is 5.11 Å². The van der Waals surface area contributed by atoms with Crippen molar-refractivity contribution in [2.75, 3.05) is 0 Å². The van der Waals surface area contributed by atoms with E-state index in [4.69, 9.17) is 0 Å². The fourth-order valence-electron chi connectivity index (χ4n) is 1.55. The van der Waals surface area contributed by atoms with Gasteiger partial charge in [-0.15, -0.1) is 5.60 Å². The third kappa shape index (κ3) is 4.90. The minimum atomic E-state index is -0.530. The maximum Gasteiger partial charge on any atom is 2.00 e. The number of halogens is 1. The molecule has 1 fully saturated rings. The van der Waals surface area contributed by atoms with Crippen molar-refractivity contribution in [3.8, 4) is 0 Å². The molecule has 1 aliphatic rings. The molecule has 0 heterocycles. The molecule has 0 bridgehead atoms. The number of rotatable bonds is 1. The van der Waals surface area contributed by atoms with Crippen LogP contribution in [0.15, 0.2) is 0 Å². The van der Waals surface area contributed by atoms with Crippen molar-refractivity contribution in [2.24, 2.45) is 0 Å². The van der Waals surface area contributed by atoms with Crippen molar-refractivity contribution in [3.63, 3.8) is 0 Å². The van der Waals surface area contributed by atoms with E-state index >= 15 is 0 Å². The predicted molar refractivity (Wildman–Crippen MR) is 41.9 cm³/mol. The first-order valence-electron chi connectivity index (χ1n) is 3.97. The van der Waals surface area contributed by atoms with Crippen LogP contribution in [0.1, 0.15) is 45.4 Å². The van der Waals surface area contributed by atoms with Crippen LogP contribution >= 0.6 is 0 Å². The van der Waals surface area contributed by atoms with E-state index in [0.717, 1.165) is 32.1 Å². The summed E-state index contributed by atoms with van der Waals surface area (Å²) in [5.74, 6) is 0. The van der Waals surface area contributed by atoms with Crippen LogP contribution in [0.2, 0.25) is 0 Å². The Kier molecular flexibility index (Phi) is 9.40. The second-order valence-corrected chi connectivity index (χ2v) is 3.10. The molecule has 62 valence electrons. The molecule has 0 radical (unpaired) electrons. The van der Waals surface area contributed by atoms with Gasteiger partial charge in [-0.05, 0) is 0 Å². The first-order valence-corrected chi connectivity index (χ1v) is 3.97. The molecule has 0 unspecified atom stereocenters. The van der Waals surface area contributed by atoms with E-state index in [2.05, 4.69) is 0 Å². The zero-order valence-corrected chi connectivity index (χ0v) is 10.8. The molecule has 0 amide bonds. The minimum absolute atomic E-state index is 0. The molecule has 0 spiro atoms. The SMILES string of the molecule is CCC1([O-])CCCCC1.[I-].[Mg+2]. The van der Waals surface area contributed by atoms with E-state index in [1.165, 1.54) is 6.42 Å². The summed E-state index contributed by atoms with van der Waals surface area (Å²) < 4.78 is 0.